The number of aliphatic hydroxyl groups excluding tert-OH is 1. The van der Waals surface area contributed by atoms with Gasteiger partial charge in [-0.15, -0.1) is 0 Å². The Kier molecular flexibility index (Phi) is 3.28. The van der Waals surface area contributed by atoms with Crippen LogP contribution in [0.4, 0.5) is 14.7 Å². The molecule has 1 heterocycles. The van der Waals surface area contributed by atoms with E-state index < -0.39 is 6.43 Å². The third kappa shape index (κ3) is 2.63. The van der Waals surface area contributed by atoms with Gasteiger partial charge in [0, 0.05) is 18.2 Å². The van der Waals surface area contributed by atoms with Crippen LogP contribution in [0, 0.1) is 0 Å². The summed E-state index contributed by atoms with van der Waals surface area (Å²) in [6.45, 7) is 0.178. The minimum atomic E-state index is -2.59. The standard InChI is InChI=1S/C10H13F2N3O/c11-9(12)8-5-7(6-1-2-6)14-10(15-8)13-3-4-16/h5-6,9,16H,1-4H2,(H,13,14,15). The second-order valence-corrected chi connectivity index (χ2v) is 3.77. The van der Waals surface area contributed by atoms with E-state index in [-0.39, 0.29) is 24.8 Å². The molecular weight excluding hydrogens is 216 g/mol. The summed E-state index contributed by atoms with van der Waals surface area (Å²) in [5, 5.41) is 11.3. The average molecular weight is 229 g/mol. The van der Waals surface area contributed by atoms with Crippen LogP contribution in [0.15, 0.2) is 6.07 Å². The zero-order valence-corrected chi connectivity index (χ0v) is 8.66. The van der Waals surface area contributed by atoms with Crippen molar-refractivity contribution in [1.82, 2.24) is 9.97 Å². The molecule has 1 aliphatic carbocycles. The first-order valence-corrected chi connectivity index (χ1v) is 5.22. The van der Waals surface area contributed by atoms with Crippen LogP contribution in [0.2, 0.25) is 0 Å². The summed E-state index contributed by atoms with van der Waals surface area (Å²) in [6.07, 6.45) is -0.590. The molecule has 1 fully saturated rings. The van der Waals surface area contributed by atoms with Gasteiger partial charge in [-0.2, -0.15) is 0 Å². The van der Waals surface area contributed by atoms with E-state index in [0.717, 1.165) is 12.8 Å². The molecule has 0 unspecified atom stereocenters. The molecule has 0 spiro atoms. The van der Waals surface area contributed by atoms with E-state index in [2.05, 4.69) is 15.3 Å². The maximum absolute atomic E-state index is 12.6. The Morgan fingerprint density at radius 2 is 2.19 bits per heavy atom. The van der Waals surface area contributed by atoms with Gasteiger partial charge in [-0.3, -0.25) is 0 Å². The molecule has 1 aliphatic rings. The maximum atomic E-state index is 12.6. The topological polar surface area (TPSA) is 58.0 Å². The highest BCUT2D eigenvalue weighted by Crippen LogP contribution is 2.40. The lowest BCUT2D eigenvalue weighted by Crippen LogP contribution is -2.11. The van der Waals surface area contributed by atoms with E-state index in [1.165, 1.54) is 6.07 Å². The lowest BCUT2D eigenvalue weighted by molar-refractivity contribution is 0.146. The zero-order chi connectivity index (χ0) is 11.5. The normalized spacial score (nSPS) is 15.5. The summed E-state index contributed by atoms with van der Waals surface area (Å²) in [7, 11) is 0. The first kappa shape index (κ1) is 11.2. The number of nitrogens with zero attached hydrogens (tertiary/aromatic N) is 2. The molecule has 0 amide bonds. The molecule has 0 radical (unpaired) electrons. The Morgan fingerprint density at radius 1 is 1.44 bits per heavy atom. The third-order valence-electron chi connectivity index (χ3n) is 2.38. The van der Waals surface area contributed by atoms with Gasteiger partial charge in [-0.1, -0.05) is 0 Å². The summed E-state index contributed by atoms with van der Waals surface area (Å²) in [4.78, 5) is 7.85. The third-order valence-corrected chi connectivity index (χ3v) is 2.38. The van der Waals surface area contributed by atoms with Crippen LogP contribution in [0.5, 0.6) is 0 Å². The van der Waals surface area contributed by atoms with Crippen LogP contribution in [0.25, 0.3) is 0 Å². The second-order valence-electron chi connectivity index (χ2n) is 3.77. The predicted octanol–water partition coefficient (Wildman–Crippen LogP) is 1.70. The van der Waals surface area contributed by atoms with Gasteiger partial charge in [0.25, 0.3) is 6.43 Å². The Balaban J connectivity index is 2.21. The molecule has 6 heteroatoms. The molecule has 0 bridgehead atoms. The molecule has 0 atom stereocenters. The van der Waals surface area contributed by atoms with Crippen molar-refractivity contribution in [3.63, 3.8) is 0 Å². The number of nitrogens with one attached hydrogen (secondary N) is 1. The van der Waals surface area contributed by atoms with Gasteiger partial charge in [0.05, 0.1) is 6.61 Å². The van der Waals surface area contributed by atoms with Crippen molar-refractivity contribution in [2.24, 2.45) is 0 Å². The van der Waals surface area contributed by atoms with Crippen molar-refractivity contribution >= 4 is 5.95 Å². The van der Waals surface area contributed by atoms with Gasteiger partial charge in [-0.05, 0) is 18.9 Å². The molecule has 2 N–H and O–H groups in total. The molecule has 88 valence electrons. The number of hydrogen-bond donors (Lipinski definition) is 2. The van der Waals surface area contributed by atoms with E-state index in [1.807, 2.05) is 0 Å². The fraction of sp³-hybridized carbons (Fsp3) is 0.600. The summed E-state index contributed by atoms with van der Waals surface area (Å²) < 4.78 is 25.1. The summed E-state index contributed by atoms with van der Waals surface area (Å²) >= 11 is 0. The molecule has 0 saturated heterocycles. The van der Waals surface area contributed by atoms with Crippen LogP contribution in [0.3, 0.4) is 0 Å². The Morgan fingerprint density at radius 3 is 2.75 bits per heavy atom. The molecule has 1 aromatic heterocycles. The van der Waals surface area contributed by atoms with Gasteiger partial charge in [0.1, 0.15) is 5.69 Å². The van der Waals surface area contributed by atoms with Crippen molar-refractivity contribution in [2.45, 2.75) is 25.2 Å². The fourth-order valence-electron chi connectivity index (χ4n) is 1.43. The van der Waals surface area contributed by atoms with Crippen LogP contribution in [-0.4, -0.2) is 28.2 Å². The molecular formula is C10H13F2N3O. The number of hydrogen-bond acceptors (Lipinski definition) is 4. The number of rotatable bonds is 5. The van der Waals surface area contributed by atoms with E-state index >= 15 is 0 Å². The lowest BCUT2D eigenvalue weighted by Gasteiger charge is -2.07. The zero-order valence-electron chi connectivity index (χ0n) is 8.66. The number of aromatic nitrogens is 2. The SMILES string of the molecule is OCCNc1nc(C(F)F)cc(C2CC2)n1. The van der Waals surface area contributed by atoms with Gasteiger partial charge in [-0.25, -0.2) is 18.7 Å². The number of aliphatic hydroxyl groups is 1. The highest BCUT2D eigenvalue weighted by molar-refractivity contribution is 5.31. The largest absolute Gasteiger partial charge is 0.395 e. The smallest absolute Gasteiger partial charge is 0.280 e. The number of halogens is 2. The quantitative estimate of drug-likeness (QED) is 0.806. The van der Waals surface area contributed by atoms with E-state index in [9.17, 15) is 8.78 Å². The van der Waals surface area contributed by atoms with Crippen molar-refractivity contribution in [3.05, 3.63) is 17.5 Å². The molecule has 0 aromatic carbocycles. The lowest BCUT2D eigenvalue weighted by atomic mass is 10.2. The summed E-state index contributed by atoms with van der Waals surface area (Å²) in [6, 6.07) is 1.37. The fourth-order valence-corrected chi connectivity index (χ4v) is 1.43. The van der Waals surface area contributed by atoms with E-state index in [4.69, 9.17) is 5.11 Å². The molecule has 0 aliphatic heterocycles. The van der Waals surface area contributed by atoms with Crippen LogP contribution in [-0.2, 0) is 0 Å². The molecule has 2 rings (SSSR count). The van der Waals surface area contributed by atoms with Crippen molar-refractivity contribution in [3.8, 4) is 0 Å². The molecule has 16 heavy (non-hydrogen) atoms. The van der Waals surface area contributed by atoms with Gasteiger partial charge in [0.15, 0.2) is 0 Å². The van der Waals surface area contributed by atoms with Crippen LogP contribution < -0.4 is 5.32 Å². The van der Waals surface area contributed by atoms with E-state index in [0.29, 0.717) is 11.6 Å². The average Bonchev–Trinajstić information content (AvgIpc) is 3.09. The van der Waals surface area contributed by atoms with E-state index in [1.54, 1.807) is 0 Å². The predicted molar refractivity (Wildman–Crippen MR) is 54.5 cm³/mol. The maximum Gasteiger partial charge on any atom is 0.280 e. The van der Waals surface area contributed by atoms with Crippen molar-refractivity contribution in [2.75, 3.05) is 18.5 Å². The summed E-state index contributed by atoms with van der Waals surface area (Å²) in [5.41, 5.74) is 0.420. The Hall–Kier alpha value is -1.30. The minimum absolute atomic E-state index is 0.0823. The van der Waals surface area contributed by atoms with Crippen LogP contribution in [0.1, 0.15) is 36.6 Å². The first-order valence-electron chi connectivity index (χ1n) is 5.22. The van der Waals surface area contributed by atoms with Crippen molar-refractivity contribution in [1.29, 1.82) is 0 Å². The molecule has 4 nitrogen and oxygen atoms in total. The number of anilines is 1. The second kappa shape index (κ2) is 4.69. The first-order chi connectivity index (χ1) is 7.70. The van der Waals surface area contributed by atoms with Gasteiger partial charge in [0.2, 0.25) is 5.95 Å². The monoisotopic (exact) mass is 229 g/mol. The number of alkyl halides is 2. The minimum Gasteiger partial charge on any atom is -0.395 e. The van der Waals surface area contributed by atoms with Gasteiger partial charge < -0.3 is 10.4 Å². The van der Waals surface area contributed by atoms with Gasteiger partial charge >= 0.3 is 0 Å². The summed E-state index contributed by atoms with van der Waals surface area (Å²) in [5.74, 6) is 0.476. The molecule has 1 aromatic rings. The highest BCUT2D eigenvalue weighted by Gasteiger charge is 2.27. The molecule has 1 saturated carbocycles. The van der Waals surface area contributed by atoms with Crippen LogP contribution >= 0.6 is 0 Å². The van der Waals surface area contributed by atoms with Crippen molar-refractivity contribution < 1.29 is 13.9 Å². The highest BCUT2D eigenvalue weighted by atomic mass is 19.3. The Labute approximate surface area is 91.7 Å². The Bertz CT molecular complexity index is 349.